The van der Waals surface area contributed by atoms with Gasteiger partial charge >= 0.3 is 0 Å². The van der Waals surface area contributed by atoms with Crippen molar-refractivity contribution in [2.45, 2.75) is 6.54 Å². The molecule has 2 aromatic carbocycles. The van der Waals surface area contributed by atoms with Crippen molar-refractivity contribution < 1.29 is 4.92 Å². The van der Waals surface area contributed by atoms with Crippen molar-refractivity contribution in [2.24, 2.45) is 0 Å². The molecule has 108 valence electrons. The molecule has 0 atom stereocenters. The number of nitrogens with one attached hydrogen (secondary N) is 2. The third-order valence-corrected chi connectivity index (χ3v) is 3.03. The van der Waals surface area contributed by atoms with Crippen LogP contribution in [0.3, 0.4) is 0 Å². The van der Waals surface area contributed by atoms with Gasteiger partial charge in [0.05, 0.1) is 4.92 Å². The van der Waals surface area contributed by atoms with Crippen molar-refractivity contribution >= 4 is 34.4 Å². The summed E-state index contributed by atoms with van der Waals surface area (Å²) >= 11 is 5.15. The largest absolute Gasteiger partial charge is 0.393 e. The van der Waals surface area contributed by atoms with Gasteiger partial charge < -0.3 is 16.4 Å². The fourth-order valence-corrected chi connectivity index (χ4v) is 1.92. The van der Waals surface area contributed by atoms with Crippen LogP contribution >= 0.6 is 12.2 Å². The standard InChI is InChI=1S/C14H14N4O2S/c15-12-7-6-11(8-13(12)18(19)20)17-14(21)16-9-10-4-2-1-3-5-10/h1-8H,9,15H2,(H2,16,17,21). The van der Waals surface area contributed by atoms with Gasteiger partial charge in [0.1, 0.15) is 5.69 Å². The Bertz CT molecular complexity index is 661. The summed E-state index contributed by atoms with van der Waals surface area (Å²) in [5.41, 5.74) is 7.11. The van der Waals surface area contributed by atoms with Gasteiger partial charge in [0.2, 0.25) is 0 Å². The fraction of sp³-hybridized carbons (Fsp3) is 0.0714. The van der Waals surface area contributed by atoms with Crippen molar-refractivity contribution in [1.82, 2.24) is 5.32 Å². The second-order valence-electron chi connectivity index (χ2n) is 4.32. The smallest absolute Gasteiger partial charge is 0.294 e. The SMILES string of the molecule is Nc1ccc(NC(=S)NCc2ccccc2)cc1[N+](=O)[O-]. The first-order valence-electron chi connectivity index (χ1n) is 6.19. The normalized spacial score (nSPS) is 9.90. The van der Waals surface area contributed by atoms with Crippen LogP contribution in [0.5, 0.6) is 0 Å². The first-order chi connectivity index (χ1) is 10.1. The van der Waals surface area contributed by atoms with Gasteiger partial charge in [0, 0.05) is 18.3 Å². The zero-order valence-electron chi connectivity index (χ0n) is 11.1. The zero-order valence-corrected chi connectivity index (χ0v) is 11.9. The molecule has 0 amide bonds. The van der Waals surface area contributed by atoms with Crippen molar-refractivity contribution in [3.63, 3.8) is 0 Å². The number of nitrogens with two attached hydrogens (primary N) is 1. The molecule has 4 N–H and O–H groups in total. The van der Waals surface area contributed by atoms with E-state index in [1.807, 2.05) is 30.3 Å². The minimum atomic E-state index is -0.527. The Kier molecular flexibility index (Phi) is 4.68. The number of hydrogen-bond acceptors (Lipinski definition) is 4. The molecule has 0 heterocycles. The third-order valence-electron chi connectivity index (χ3n) is 2.78. The maximum atomic E-state index is 10.8. The molecule has 0 aliphatic carbocycles. The fourth-order valence-electron chi connectivity index (χ4n) is 1.73. The first kappa shape index (κ1) is 14.7. The summed E-state index contributed by atoms with van der Waals surface area (Å²) in [5, 5.41) is 17.1. The van der Waals surface area contributed by atoms with Crippen molar-refractivity contribution in [3.8, 4) is 0 Å². The molecule has 0 bridgehead atoms. The van der Waals surface area contributed by atoms with Crippen LogP contribution in [-0.2, 0) is 6.54 Å². The number of rotatable bonds is 4. The van der Waals surface area contributed by atoms with Crippen molar-refractivity contribution in [2.75, 3.05) is 11.1 Å². The van der Waals surface area contributed by atoms with E-state index >= 15 is 0 Å². The summed E-state index contributed by atoms with van der Waals surface area (Å²) in [6.07, 6.45) is 0. The Hall–Kier alpha value is -2.67. The Morgan fingerprint density at radius 1 is 1.24 bits per heavy atom. The molecule has 0 unspecified atom stereocenters. The van der Waals surface area contributed by atoms with E-state index in [4.69, 9.17) is 18.0 Å². The molecule has 0 aliphatic heterocycles. The first-order valence-corrected chi connectivity index (χ1v) is 6.60. The van der Waals surface area contributed by atoms with Crippen molar-refractivity contribution in [3.05, 3.63) is 64.2 Å². The monoisotopic (exact) mass is 302 g/mol. The topological polar surface area (TPSA) is 93.2 Å². The molecule has 0 saturated heterocycles. The molecule has 0 aliphatic rings. The summed E-state index contributed by atoms with van der Waals surface area (Å²) in [4.78, 5) is 10.3. The molecular weight excluding hydrogens is 288 g/mol. The molecule has 7 heteroatoms. The van der Waals surface area contributed by atoms with Gasteiger partial charge in [-0.05, 0) is 29.9 Å². The van der Waals surface area contributed by atoms with E-state index in [2.05, 4.69) is 10.6 Å². The predicted molar refractivity (Wildman–Crippen MR) is 87.0 cm³/mol. The lowest BCUT2D eigenvalue weighted by Crippen LogP contribution is -2.27. The van der Waals surface area contributed by atoms with Gasteiger partial charge in [0.15, 0.2) is 5.11 Å². The maximum Gasteiger partial charge on any atom is 0.294 e. The third kappa shape index (κ3) is 4.15. The van der Waals surface area contributed by atoms with Crippen LogP contribution in [0.25, 0.3) is 0 Å². The summed E-state index contributed by atoms with van der Waals surface area (Å²) in [5.74, 6) is 0. The quantitative estimate of drug-likeness (QED) is 0.348. The summed E-state index contributed by atoms with van der Waals surface area (Å²) in [6.45, 7) is 0.573. The average Bonchev–Trinajstić information content (AvgIpc) is 2.48. The summed E-state index contributed by atoms with van der Waals surface area (Å²) in [6, 6.07) is 14.2. The van der Waals surface area contributed by atoms with E-state index in [0.29, 0.717) is 17.3 Å². The Morgan fingerprint density at radius 2 is 1.95 bits per heavy atom. The lowest BCUT2D eigenvalue weighted by atomic mass is 10.2. The van der Waals surface area contributed by atoms with Gasteiger partial charge in [-0.25, -0.2) is 0 Å². The number of benzene rings is 2. The highest BCUT2D eigenvalue weighted by Gasteiger charge is 2.12. The van der Waals surface area contributed by atoms with Crippen LogP contribution in [0.4, 0.5) is 17.1 Å². The Balaban J connectivity index is 1.97. The predicted octanol–water partition coefficient (Wildman–Crippen LogP) is 2.66. The number of nitrogen functional groups attached to an aromatic ring is 1. The molecule has 2 aromatic rings. The Labute approximate surface area is 127 Å². The molecule has 0 spiro atoms. The lowest BCUT2D eigenvalue weighted by molar-refractivity contribution is -0.383. The molecule has 21 heavy (non-hydrogen) atoms. The van der Waals surface area contributed by atoms with E-state index in [1.54, 1.807) is 6.07 Å². The lowest BCUT2D eigenvalue weighted by Gasteiger charge is -2.11. The zero-order chi connectivity index (χ0) is 15.2. The van der Waals surface area contributed by atoms with Crippen LogP contribution in [0.15, 0.2) is 48.5 Å². The van der Waals surface area contributed by atoms with E-state index in [-0.39, 0.29) is 11.4 Å². The van der Waals surface area contributed by atoms with Crippen LogP contribution in [0.2, 0.25) is 0 Å². The Morgan fingerprint density at radius 3 is 2.62 bits per heavy atom. The van der Waals surface area contributed by atoms with Gasteiger partial charge in [-0.15, -0.1) is 0 Å². The number of thiocarbonyl (C=S) groups is 1. The highest BCUT2D eigenvalue weighted by Crippen LogP contribution is 2.24. The van der Waals surface area contributed by atoms with Crippen LogP contribution in [0, 0.1) is 10.1 Å². The van der Waals surface area contributed by atoms with E-state index in [9.17, 15) is 10.1 Å². The molecule has 0 fully saturated rings. The van der Waals surface area contributed by atoms with E-state index in [0.717, 1.165) is 5.56 Å². The van der Waals surface area contributed by atoms with Gasteiger partial charge in [-0.2, -0.15) is 0 Å². The van der Waals surface area contributed by atoms with Crippen molar-refractivity contribution in [1.29, 1.82) is 0 Å². The van der Waals surface area contributed by atoms with Crippen LogP contribution < -0.4 is 16.4 Å². The highest BCUT2D eigenvalue weighted by molar-refractivity contribution is 7.80. The average molecular weight is 302 g/mol. The minimum absolute atomic E-state index is 0.119. The summed E-state index contributed by atoms with van der Waals surface area (Å²) in [7, 11) is 0. The second kappa shape index (κ2) is 6.67. The molecule has 6 nitrogen and oxygen atoms in total. The van der Waals surface area contributed by atoms with E-state index < -0.39 is 4.92 Å². The molecule has 0 radical (unpaired) electrons. The highest BCUT2D eigenvalue weighted by atomic mass is 32.1. The number of nitrogens with zero attached hydrogens (tertiary/aromatic N) is 1. The minimum Gasteiger partial charge on any atom is -0.393 e. The maximum absolute atomic E-state index is 10.8. The second-order valence-corrected chi connectivity index (χ2v) is 4.73. The van der Waals surface area contributed by atoms with E-state index in [1.165, 1.54) is 12.1 Å². The molecule has 2 rings (SSSR count). The summed E-state index contributed by atoms with van der Waals surface area (Å²) < 4.78 is 0. The number of anilines is 2. The van der Waals surface area contributed by atoms with Gasteiger partial charge in [-0.3, -0.25) is 10.1 Å². The number of hydrogen-bond donors (Lipinski definition) is 3. The van der Waals surface area contributed by atoms with Crippen LogP contribution in [-0.4, -0.2) is 10.0 Å². The van der Waals surface area contributed by atoms with Gasteiger partial charge in [0.25, 0.3) is 5.69 Å². The molecular formula is C14H14N4O2S. The molecule has 0 aromatic heterocycles. The molecule has 0 saturated carbocycles. The number of nitro benzene ring substituents is 1. The van der Waals surface area contributed by atoms with Gasteiger partial charge in [-0.1, -0.05) is 30.3 Å². The van der Waals surface area contributed by atoms with Crippen LogP contribution in [0.1, 0.15) is 5.56 Å². The number of nitro groups is 1.